The summed E-state index contributed by atoms with van der Waals surface area (Å²) in [5.74, 6) is 5.40. The van der Waals surface area contributed by atoms with Crippen LogP contribution in [0.1, 0.15) is 19.3 Å². The summed E-state index contributed by atoms with van der Waals surface area (Å²) in [6.45, 7) is 0. The van der Waals surface area contributed by atoms with Crippen molar-refractivity contribution in [2.24, 2.45) is 0 Å². The minimum Gasteiger partial charge on any atom is -0.493 e. The lowest BCUT2D eigenvalue weighted by Crippen LogP contribution is -2.20. The Morgan fingerprint density at radius 1 is 0.442 bits per heavy atom. The molecule has 0 spiro atoms. The zero-order valence-corrected chi connectivity index (χ0v) is 32.6. The van der Waals surface area contributed by atoms with E-state index in [1.807, 2.05) is 18.2 Å². The van der Waals surface area contributed by atoms with E-state index in [9.17, 15) is 0 Å². The number of para-hydroxylation sites is 3. The minimum absolute atomic E-state index is 0.390. The van der Waals surface area contributed by atoms with E-state index in [1.54, 1.807) is 42.7 Å². The molecule has 3 rings (SSSR count). The molecule has 43 heavy (non-hydrogen) atoms. The van der Waals surface area contributed by atoms with E-state index in [0.717, 1.165) is 34.5 Å². The molecule has 0 bridgehead atoms. The SMILES string of the molecule is COc1cccc([SiH2]CCC[SiH](CCC[SiH2]c2cccc(OC)c2OC)CCC[SiH2]c2cccc(OC)c2OC)c1OC. The fraction of sp³-hybridized carbons (Fsp3) is 0.455. The second-order valence-corrected chi connectivity index (χ2v) is 20.4. The first-order valence-corrected chi connectivity index (χ1v) is 23.3. The summed E-state index contributed by atoms with van der Waals surface area (Å²) in [6, 6.07) is 27.3. The highest BCUT2D eigenvalue weighted by molar-refractivity contribution is 6.60. The van der Waals surface area contributed by atoms with Crippen LogP contribution in [0.3, 0.4) is 0 Å². The summed E-state index contributed by atoms with van der Waals surface area (Å²) >= 11 is 0. The topological polar surface area (TPSA) is 55.4 Å². The molecule has 0 fully saturated rings. The summed E-state index contributed by atoms with van der Waals surface area (Å²) in [6.07, 6.45) is 4.06. The fourth-order valence-corrected chi connectivity index (χ4v) is 16.6. The highest BCUT2D eigenvalue weighted by atomic mass is 28.3. The Labute approximate surface area is 267 Å². The molecular formula is C33H52O6Si4. The van der Waals surface area contributed by atoms with E-state index in [1.165, 1.54) is 71.1 Å². The quantitative estimate of drug-likeness (QED) is 0.130. The summed E-state index contributed by atoms with van der Waals surface area (Å²) in [5, 5.41) is 4.16. The van der Waals surface area contributed by atoms with Gasteiger partial charge in [-0.1, -0.05) is 91.9 Å². The molecule has 0 aliphatic carbocycles. The van der Waals surface area contributed by atoms with Crippen LogP contribution in [0.15, 0.2) is 54.6 Å². The normalized spacial score (nSPS) is 12.4. The van der Waals surface area contributed by atoms with Gasteiger partial charge in [0.05, 0.1) is 71.2 Å². The molecule has 236 valence electrons. The van der Waals surface area contributed by atoms with Crippen molar-refractivity contribution in [2.45, 2.75) is 55.5 Å². The highest BCUT2D eigenvalue weighted by Gasteiger charge is 2.15. The van der Waals surface area contributed by atoms with Gasteiger partial charge in [0.15, 0.2) is 34.5 Å². The van der Waals surface area contributed by atoms with Crippen molar-refractivity contribution in [3.8, 4) is 34.5 Å². The van der Waals surface area contributed by atoms with E-state index in [-0.39, 0.29) is 0 Å². The molecule has 10 heteroatoms. The Kier molecular flexibility index (Phi) is 15.8. The molecule has 0 radical (unpaired) electrons. The van der Waals surface area contributed by atoms with Gasteiger partial charge in [-0.05, 0) is 33.8 Å². The predicted octanol–water partition coefficient (Wildman–Crippen LogP) is 3.17. The van der Waals surface area contributed by atoms with E-state index in [4.69, 9.17) is 28.4 Å². The number of ether oxygens (including phenoxy) is 6. The second-order valence-electron chi connectivity index (χ2n) is 11.1. The van der Waals surface area contributed by atoms with Crippen molar-refractivity contribution in [3.63, 3.8) is 0 Å². The lowest BCUT2D eigenvalue weighted by molar-refractivity contribution is 0.357. The van der Waals surface area contributed by atoms with Crippen LogP contribution in [0.4, 0.5) is 0 Å². The van der Waals surface area contributed by atoms with Crippen molar-refractivity contribution < 1.29 is 28.4 Å². The van der Waals surface area contributed by atoms with Gasteiger partial charge in [0.1, 0.15) is 0 Å². The van der Waals surface area contributed by atoms with Gasteiger partial charge < -0.3 is 28.4 Å². The van der Waals surface area contributed by atoms with Crippen LogP contribution in [-0.2, 0) is 0 Å². The number of hydrogen-bond donors (Lipinski definition) is 0. The molecule has 0 saturated carbocycles. The van der Waals surface area contributed by atoms with Gasteiger partial charge in [-0.3, -0.25) is 0 Å². The minimum atomic E-state index is -0.818. The first kappa shape index (κ1) is 34.8. The third-order valence-corrected chi connectivity index (χ3v) is 17.9. The maximum absolute atomic E-state index is 5.70. The Morgan fingerprint density at radius 3 is 1.00 bits per heavy atom. The Morgan fingerprint density at radius 2 is 0.744 bits per heavy atom. The Balaban J connectivity index is 1.54. The summed E-state index contributed by atoms with van der Waals surface area (Å²) in [4.78, 5) is 0. The van der Waals surface area contributed by atoms with Crippen LogP contribution in [0.5, 0.6) is 34.5 Å². The van der Waals surface area contributed by atoms with Crippen molar-refractivity contribution in [1.29, 1.82) is 0 Å². The number of hydrogen-bond acceptors (Lipinski definition) is 6. The predicted molar refractivity (Wildman–Crippen MR) is 193 cm³/mol. The molecule has 0 aliphatic rings. The van der Waals surface area contributed by atoms with Gasteiger partial charge in [-0.2, -0.15) is 0 Å². The largest absolute Gasteiger partial charge is 0.493 e. The van der Waals surface area contributed by atoms with Gasteiger partial charge in [0.25, 0.3) is 0 Å². The molecule has 0 atom stereocenters. The van der Waals surface area contributed by atoms with Crippen LogP contribution in [0.25, 0.3) is 0 Å². The second kappa shape index (κ2) is 19.6. The van der Waals surface area contributed by atoms with Crippen molar-refractivity contribution in [2.75, 3.05) is 42.7 Å². The summed E-state index contributed by atoms with van der Waals surface area (Å²) in [5.41, 5.74) is 0. The van der Waals surface area contributed by atoms with Crippen LogP contribution >= 0.6 is 0 Å². The van der Waals surface area contributed by atoms with Crippen molar-refractivity contribution in [3.05, 3.63) is 54.6 Å². The summed E-state index contributed by atoms with van der Waals surface area (Å²) < 4.78 is 33.7. The van der Waals surface area contributed by atoms with Gasteiger partial charge >= 0.3 is 0 Å². The summed E-state index contributed by atoms with van der Waals surface area (Å²) in [7, 11) is 8.45. The maximum Gasteiger partial charge on any atom is 0.160 e. The number of methoxy groups -OCH3 is 6. The van der Waals surface area contributed by atoms with E-state index >= 15 is 0 Å². The first-order chi connectivity index (χ1) is 21.1. The van der Waals surface area contributed by atoms with E-state index in [0.29, 0.717) is 0 Å². The van der Waals surface area contributed by atoms with Crippen LogP contribution in [-0.4, -0.2) is 80.0 Å². The molecule has 0 heterocycles. The maximum atomic E-state index is 5.70. The number of benzene rings is 3. The lowest BCUT2D eigenvalue weighted by Gasteiger charge is -2.17. The van der Waals surface area contributed by atoms with Crippen molar-refractivity contribution >= 4 is 52.9 Å². The Bertz CT molecular complexity index is 1090. The van der Waals surface area contributed by atoms with Gasteiger partial charge in [-0.15, -0.1) is 0 Å². The standard InChI is InChI=1S/C33H52O6Si4/c1-34-25-13-7-16-28(31(25)37-4)40-19-10-22-43(23-11-20-41-29-17-8-14-26(35-2)32(29)38-5)24-12-21-42-30-18-9-15-27(36-3)33(30)39-6/h7-9,13-18,43H,10-12,19-24,40-42H2,1-6H3. The Hall–Kier alpha value is -2.67. The molecule has 0 amide bonds. The monoisotopic (exact) mass is 656 g/mol. The molecular weight excluding hydrogens is 605 g/mol. The molecule has 6 nitrogen and oxygen atoms in total. The van der Waals surface area contributed by atoms with Gasteiger partial charge in [0.2, 0.25) is 0 Å². The van der Waals surface area contributed by atoms with E-state index in [2.05, 4.69) is 36.4 Å². The average molecular weight is 657 g/mol. The van der Waals surface area contributed by atoms with E-state index < -0.39 is 37.4 Å². The smallest absolute Gasteiger partial charge is 0.160 e. The van der Waals surface area contributed by atoms with Crippen molar-refractivity contribution in [1.82, 2.24) is 0 Å². The zero-order valence-electron chi connectivity index (χ0n) is 27.2. The molecule has 0 N–H and O–H groups in total. The average Bonchev–Trinajstić information content (AvgIpc) is 3.05. The third kappa shape index (κ3) is 10.5. The molecule has 3 aromatic rings. The van der Waals surface area contributed by atoms with Crippen LogP contribution < -0.4 is 44.0 Å². The lowest BCUT2D eigenvalue weighted by atomic mass is 10.3. The third-order valence-electron chi connectivity index (χ3n) is 8.38. The molecule has 0 aromatic heterocycles. The molecule has 3 aromatic carbocycles. The molecule has 0 aliphatic heterocycles. The van der Waals surface area contributed by atoms with Crippen LogP contribution in [0.2, 0.25) is 36.3 Å². The first-order valence-electron chi connectivity index (χ1n) is 15.7. The molecule has 0 unspecified atom stereocenters. The van der Waals surface area contributed by atoms with Gasteiger partial charge in [0, 0.05) is 8.80 Å². The zero-order chi connectivity index (χ0) is 30.9. The molecule has 0 saturated heterocycles. The van der Waals surface area contributed by atoms with Gasteiger partial charge in [-0.25, -0.2) is 0 Å². The number of rotatable bonds is 21. The fourth-order valence-electron chi connectivity index (χ4n) is 6.13. The highest BCUT2D eigenvalue weighted by Crippen LogP contribution is 2.26. The van der Waals surface area contributed by atoms with Crippen LogP contribution in [0, 0.1) is 0 Å².